The third kappa shape index (κ3) is 3.92. The first-order valence-electron chi connectivity index (χ1n) is 13.6. The van der Waals surface area contributed by atoms with E-state index in [0.29, 0.717) is 5.56 Å². The summed E-state index contributed by atoms with van der Waals surface area (Å²) in [6.07, 6.45) is 0. The topological polar surface area (TPSA) is 125 Å². The predicted molar refractivity (Wildman–Crippen MR) is 165 cm³/mol. The van der Waals surface area contributed by atoms with Gasteiger partial charge in [0.05, 0.1) is 11.1 Å². The van der Waals surface area contributed by atoms with Crippen molar-refractivity contribution in [2.45, 2.75) is 6.92 Å². The zero-order valence-electron chi connectivity index (χ0n) is 23.0. The van der Waals surface area contributed by atoms with E-state index < -0.39 is 28.9 Å². The van der Waals surface area contributed by atoms with Gasteiger partial charge in [-0.05, 0) is 58.3 Å². The first kappa shape index (κ1) is 26.9. The number of halogens is 1. The standard InChI is InChI=1S/C36H21FO7/c1-17-18-7-2-4-9-20(18)32(21-10-5-3-8-19(17)21)24-13-25-30(15-28(24)38)44-31-16-29(39)27(37)14-26(31)34(25)33-22(35(40)41)11-6-12-23(33)36(42)43/h2-16,39H,1H3,(H,40,41)(H,42,43). The molecular formula is C36H21FO7. The van der Waals surface area contributed by atoms with E-state index in [0.717, 1.165) is 39.2 Å². The van der Waals surface area contributed by atoms with Crippen LogP contribution in [0, 0.1) is 12.7 Å². The highest BCUT2D eigenvalue weighted by Crippen LogP contribution is 2.46. The highest BCUT2D eigenvalue weighted by Gasteiger charge is 2.28. The van der Waals surface area contributed by atoms with Gasteiger partial charge in [0.25, 0.3) is 0 Å². The fourth-order valence-corrected chi connectivity index (χ4v) is 6.21. The Labute approximate surface area is 248 Å². The van der Waals surface area contributed by atoms with Gasteiger partial charge in [-0.15, -0.1) is 0 Å². The highest BCUT2D eigenvalue weighted by atomic mass is 19.1. The third-order valence-corrected chi connectivity index (χ3v) is 8.13. The van der Waals surface area contributed by atoms with Crippen LogP contribution in [-0.4, -0.2) is 27.3 Å². The van der Waals surface area contributed by atoms with Crippen molar-refractivity contribution >= 4 is 44.5 Å². The summed E-state index contributed by atoms with van der Waals surface area (Å²) in [5.41, 5.74) is 0.838. The first-order valence-corrected chi connectivity index (χ1v) is 13.6. The zero-order chi connectivity index (χ0) is 30.9. The number of benzene rings is 6. The summed E-state index contributed by atoms with van der Waals surface area (Å²) in [6, 6.07) is 23.9. The van der Waals surface area contributed by atoms with E-state index in [-0.39, 0.29) is 50.1 Å². The van der Waals surface area contributed by atoms with Crippen LogP contribution in [0.15, 0.2) is 100 Å². The molecule has 0 unspecified atom stereocenters. The quantitative estimate of drug-likeness (QED) is 0.179. The number of carboxylic acids is 2. The van der Waals surface area contributed by atoms with Gasteiger partial charge in [0.1, 0.15) is 11.3 Å². The lowest BCUT2D eigenvalue weighted by Crippen LogP contribution is -2.10. The van der Waals surface area contributed by atoms with Gasteiger partial charge in [-0.1, -0.05) is 54.6 Å². The molecule has 2 aliphatic rings. The maximum Gasteiger partial charge on any atom is 0.336 e. The summed E-state index contributed by atoms with van der Waals surface area (Å²) < 4.78 is 20.9. The molecule has 44 heavy (non-hydrogen) atoms. The van der Waals surface area contributed by atoms with E-state index >= 15 is 0 Å². The Hall–Kier alpha value is -6.02. The number of carbonyl (C=O) groups is 2. The van der Waals surface area contributed by atoms with Crippen molar-refractivity contribution in [2.75, 3.05) is 0 Å². The van der Waals surface area contributed by atoms with Gasteiger partial charge in [-0.3, -0.25) is 4.79 Å². The van der Waals surface area contributed by atoms with E-state index in [4.69, 9.17) is 4.42 Å². The number of fused-ring (bicyclic) bond motifs is 4. The van der Waals surface area contributed by atoms with E-state index in [9.17, 15) is 34.1 Å². The summed E-state index contributed by atoms with van der Waals surface area (Å²) in [5.74, 6) is -4.55. The molecule has 0 saturated carbocycles. The maximum atomic E-state index is 14.9. The van der Waals surface area contributed by atoms with Crippen LogP contribution < -0.4 is 5.43 Å². The van der Waals surface area contributed by atoms with Crippen LogP contribution in [0.1, 0.15) is 26.3 Å². The minimum atomic E-state index is -1.40. The Morgan fingerprint density at radius 1 is 0.659 bits per heavy atom. The molecule has 5 aromatic rings. The lowest BCUT2D eigenvalue weighted by Gasteiger charge is -2.20. The molecule has 1 aliphatic carbocycles. The fourth-order valence-electron chi connectivity index (χ4n) is 6.21. The second-order valence-electron chi connectivity index (χ2n) is 10.6. The number of hydrogen-bond donors (Lipinski definition) is 3. The minimum absolute atomic E-state index is 0.00418. The molecule has 0 radical (unpaired) electrons. The second-order valence-corrected chi connectivity index (χ2v) is 10.6. The fraction of sp³-hybridized carbons (Fsp3) is 0.0278. The van der Waals surface area contributed by atoms with Gasteiger partial charge in [-0.2, -0.15) is 0 Å². The van der Waals surface area contributed by atoms with E-state index in [1.165, 1.54) is 24.3 Å². The van der Waals surface area contributed by atoms with E-state index in [2.05, 4.69) is 0 Å². The molecule has 7 nitrogen and oxygen atoms in total. The maximum absolute atomic E-state index is 14.9. The number of rotatable bonds is 4. The molecule has 7 rings (SSSR count). The van der Waals surface area contributed by atoms with Gasteiger partial charge in [0.15, 0.2) is 17.0 Å². The largest absolute Gasteiger partial charge is 0.505 e. The van der Waals surface area contributed by atoms with E-state index in [1.54, 1.807) is 6.07 Å². The first-order chi connectivity index (χ1) is 21.2. The van der Waals surface area contributed by atoms with Crippen LogP contribution >= 0.6 is 0 Å². The summed E-state index contributed by atoms with van der Waals surface area (Å²) in [7, 11) is 0. The Balaban J connectivity index is 1.72. The van der Waals surface area contributed by atoms with Crippen molar-refractivity contribution < 1.29 is 33.7 Å². The number of aromatic carboxylic acids is 2. The average Bonchev–Trinajstić information content (AvgIpc) is 3.01. The van der Waals surface area contributed by atoms with E-state index in [1.807, 2.05) is 55.5 Å². The van der Waals surface area contributed by atoms with Crippen molar-refractivity contribution in [3.63, 3.8) is 0 Å². The smallest absolute Gasteiger partial charge is 0.336 e. The van der Waals surface area contributed by atoms with Crippen LogP contribution in [0.3, 0.4) is 0 Å². The van der Waals surface area contributed by atoms with Crippen LogP contribution in [-0.2, 0) is 0 Å². The van der Waals surface area contributed by atoms with Crippen LogP contribution in [0.5, 0.6) is 5.75 Å². The molecule has 1 aliphatic heterocycles. The number of aryl methyl sites for hydroxylation is 1. The molecule has 0 saturated heterocycles. The van der Waals surface area contributed by atoms with Gasteiger partial charge in [0.2, 0.25) is 0 Å². The Bertz CT molecular complexity index is 2320. The van der Waals surface area contributed by atoms with Crippen molar-refractivity contribution in [3.8, 4) is 39.3 Å². The number of phenols is 1. The Morgan fingerprint density at radius 3 is 1.80 bits per heavy atom. The monoisotopic (exact) mass is 584 g/mol. The molecular weight excluding hydrogens is 563 g/mol. The van der Waals surface area contributed by atoms with Gasteiger partial charge < -0.3 is 19.7 Å². The normalized spacial score (nSPS) is 11.5. The highest BCUT2D eigenvalue weighted by molar-refractivity contribution is 6.17. The third-order valence-electron chi connectivity index (χ3n) is 8.13. The second kappa shape index (κ2) is 9.78. The molecule has 0 fully saturated rings. The summed E-state index contributed by atoms with van der Waals surface area (Å²) in [4.78, 5) is 38.8. The SMILES string of the molecule is Cc1c2ccccc2c(-c2cc3c(-c4c(C(=O)O)cccc4C(=O)O)c4cc(F)c(O)cc4oc-3cc2=O)c2ccccc12. The minimum Gasteiger partial charge on any atom is -0.505 e. The summed E-state index contributed by atoms with van der Waals surface area (Å²) >= 11 is 0. The van der Waals surface area contributed by atoms with Crippen molar-refractivity contribution in [1.29, 1.82) is 0 Å². The molecule has 5 aromatic carbocycles. The molecule has 1 heterocycles. The van der Waals surface area contributed by atoms with Gasteiger partial charge in [-0.25, -0.2) is 14.0 Å². The van der Waals surface area contributed by atoms with Crippen LogP contribution in [0.4, 0.5) is 4.39 Å². The number of aromatic hydroxyl groups is 1. The lowest BCUT2D eigenvalue weighted by atomic mass is 9.84. The molecule has 0 spiro atoms. The van der Waals surface area contributed by atoms with Crippen molar-refractivity contribution in [1.82, 2.24) is 0 Å². The predicted octanol–water partition coefficient (Wildman–Crippen LogP) is 8.09. The Kier molecular flexibility index (Phi) is 5.97. The molecule has 0 amide bonds. The molecule has 0 atom stereocenters. The van der Waals surface area contributed by atoms with Crippen LogP contribution in [0.25, 0.3) is 66.1 Å². The molecule has 214 valence electrons. The number of carboxylic acid groups (broad SMARTS) is 2. The molecule has 0 bridgehead atoms. The summed E-state index contributed by atoms with van der Waals surface area (Å²) in [5, 5.41) is 33.9. The number of hydrogen-bond acceptors (Lipinski definition) is 5. The average molecular weight is 585 g/mol. The lowest BCUT2D eigenvalue weighted by molar-refractivity contribution is 0.0696. The van der Waals surface area contributed by atoms with Gasteiger partial charge in [0, 0.05) is 45.3 Å². The number of phenolic OH excluding ortho intramolecular Hbond substituents is 1. The van der Waals surface area contributed by atoms with Crippen LogP contribution in [0.2, 0.25) is 0 Å². The Morgan fingerprint density at radius 2 is 1.23 bits per heavy atom. The zero-order valence-corrected chi connectivity index (χ0v) is 23.0. The molecule has 8 heteroatoms. The van der Waals surface area contributed by atoms with Gasteiger partial charge >= 0.3 is 11.9 Å². The molecule has 0 aromatic heterocycles. The summed E-state index contributed by atoms with van der Waals surface area (Å²) in [6.45, 7) is 2.01. The molecule has 3 N–H and O–H groups in total. The van der Waals surface area contributed by atoms with Crippen molar-refractivity contribution in [3.05, 3.63) is 124 Å². The van der Waals surface area contributed by atoms with Crippen molar-refractivity contribution in [2.24, 2.45) is 0 Å².